The average molecular weight is 375 g/mol. The Bertz CT molecular complexity index is 937. The fourth-order valence-corrected chi connectivity index (χ4v) is 3.80. The Morgan fingerprint density at radius 1 is 1.17 bits per heavy atom. The van der Waals surface area contributed by atoms with E-state index in [1.54, 1.807) is 17.4 Å². The molecule has 0 amide bonds. The Kier molecular flexibility index (Phi) is 5.24. The molecule has 1 heterocycles. The van der Waals surface area contributed by atoms with Gasteiger partial charge in [0.05, 0.1) is 16.4 Å². The molecule has 0 N–H and O–H groups in total. The molecule has 122 valence electrons. The van der Waals surface area contributed by atoms with Gasteiger partial charge in [0, 0.05) is 22.5 Å². The highest BCUT2D eigenvalue weighted by Gasteiger charge is 2.11. The number of aromatic nitrogens is 1. The smallest absolute Gasteiger partial charge is 0.190 e. The second kappa shape index (κ2) is 7.39. The van der Waals surface area contributed by atoms with E-state index in [1.807, 2.05) is 30.3 Å². The number of thiazole rings is 1. The molecule has 0 radical (unpaired) electrons. The van der Waals surface area contributed by atoms with Crippen molar-refractivity contribution in [3.05, 3.63) is 80.9 Å². The summed E-state index contributed by atoms with van der Waals surface area (Å²) in [5.41, 5.74) is 4.08. The van der Waals surface area contributed by atoms with Crippen molar-refractivity contribution < 1.29 is 0 Å². The lowest BCUT2D eigenvalue weighted by Gasteiger charge is -2.08. The van der Waals surface area contributed by atoms with Crippen LogP contribution in [-0.2, 0) is 6.54 Å². The lowest BCUT2D eigenvalue weighted by Crippen LogP contribution is -2.14. The number of hydrogen-bond donors (Lipinski definition) is 0. The van der Waals surface area contributed by atoms with Crippen LogP contribution in [0.25, 0.3) is 11.3 Å². The van der Waals surface area contributed by atoms with E-state index in [4.69, 9.17) is 28.2 Å². The van der Waals surface area contributed by atoms with Gasteiger partial charge in [-0.1, -0.05) is 47.0 Å². The summed E-state index contributed by atoms with van der Waals surface area (Å²) in [6.07, 6.45) is 1.86. The van der Waals surface area contributed by atoms with Crippen LogP contribution in [0.5, 0.6) is 0 Å². The average Bonchev–Trinajstić information content (AvgIpc) is 2.93. The summed E-state index contributed by atoms with van der Waals surface area (Å²) in [6.45, 7) is 6.57. The predicted octanol–water partition coefficient (Wildman–Crippen LogP) is 6.25. The SMILES string of the molecule is C=CCn1c(-c2ccc(Cl)cc2Cl)csc1=Nc1ccc(C)cc1. The third-order valence-electron chi connectivity index (χ3n) is 3.58. The van der Waals surface area contributed by atoms with E-state index in [9.17, 15) is 0 Å². The van der Waals surface area contributed by atoms with Crippen LogP contribution in [0, 0.1) is 6.92 Å². The zero-order valence-corrected chi connectivity index (χ0v) is 15.5. The Morgan fingerprint density at radius 3 is 2.58 bits per heavy atom. The first-order chi connectivity index (χ1) is 11.6. The van der Waals surface area contributed by atoms with E-state index in [0.29, 0.717) is 16.6 Å². The third kappa shape index (κ3) is 3.64. The molecule has 0 unspecified atom stereocenters. The van der Waals surface area contributed by atoms with Crippen molar-refractivity contribution in [1.82, 2.24) is 4.57 Å². The van der Waals surface area contributed by atoms with E-state index < -0.39 is 0 Å². The van der Waals surface area contributed by atoms with Gasteiger partial charge in [-0.2, -0.15) is 0 Å². The van der Waals surface area contributed by atoms with Gasteiger partial charge in [0.1, 0.15) is 0 Å². The van der Waals surface area contributed by atoms with E-state index in [-0.39, 0.29) is 0 Å². The quantitative estimate of drug-likeness (QED) is 0.480. The normalized spacial score (nSPS) is 11.7. The van der Waals surface area contributed by atoms with Crippen LogP contribution in [-0.4, -0.2) is 4.57 Å². The second-order valence-electron chi connectivity index (χ2n) is 5.37. The highest BCUT2D eigenvalue weighted by Crippen LogP contribution is 2.30. The van der Waals surface area contributed by atoms with Crippen LogP contribution in [0.3, 0.4) is 0 Å². The fraction of sp³-hybridized carbons (Fsp3) is 0.105. The number of rotatable bonds is 4. The van der Waals surface area contributed by atoms with Crippen molar-refractivity contribution in [3.63, 3.8) is 0 Å². The monoisotopic (exact) mass is 374 g/mol. The number of allylic oxidation sites excluding steroid dienone is 1. The van der Waals surface area contributed by atoms with Gasteiger partial charge in [0.2, 0.25) is 0 Å². The lowest BCUT2D eigenvalue weighted by atomic mass is 10.1. The van der Waals surface area contributed by atoms with Gasteiger partial charge in [-0.05, 0) is 37.3 Å². The van der Waals surface area contributed by atoms with Crippen LogP contribution in [0.4, 0.5) is 5.69 Å². The largest absolute Gasteiger partial charge is 0.313 e. The first-order valence-electron chi connectivity index (χ1n) is 7.44. The van der Waals surface area contributed by atoms with Crippen molar-refractivity contribution in [3.8, 4) is 11.3 Å². The van der Waals surface area contributed by atoms with E-state index >= 15 is 0 Å². The molecule has 0 aliphatic rings. The molecule has 0 fully saturated rings. The molecule has 2 nitrogen and oxygen atoms in total. The van der Waals surface area contributed by atoms with Crippen molar-refractivity contribution >= 4 is 40.2 Å². The van der Waals surface area contributed by atoms with Gasteiger partial charge in [-0.3, -0.25) is 0 Å². The van der Waals surface area contributed by atoms with Crippen molar-refractivity contribution in [1.29, 1.82) is 0 Å². The number of halogens is 2. The number of hydrogen-bond acceptors (Lipinski definition) is 2. The maximum Gasteiger partial charge on any atom is 0.190 e. The van der Waals surface area contributed by atoms with Crippen LogP contribution in [0.2, 0.25) is 10.0 Å². The van der Waals surface area contributed by atoms with Crippen LogP contribution in [0.15, 0.2) is 65.5 Å². The molecule has 0 aliphatic heterocycles. The number of aryl methyl sites for hydroxylation is 1. The van der Waals surface area contributed by atoms with Gasteiger partial charge in [-0.15, -0.1) is 17.9 Å². The number of nitrogens with zero attached hydrogens (tertiary/aromatic N) is 2. The maximum atomic E-state index is 6.37. The molecule has 1 aromatic heterocycles. The summed E-state index contributed by atoms with van der Waals surface area (Å²) in [7, 11) is 0. The topological polar surface area (TPSA) is 17.3 Å². The molecule has 0 saturated heterocycles. The zero-order valence-electron chi connectivity index (χ0n) is 13.2. The fourth-order valence-electron chi connectivity index (χ4n) is 2.37. The zero-order chi connectivity index (χ0) is 17.1. The molecule has 0 saturated carbocycles. The molecule has 3 rings (SSSR count). The van der Waals surface area contributed by atoms with Crippen LogP contribution < -0.4 is 4.80 Å². The highest BCUT2D eigenvalue weighted by molar-refractivity contribution is 7.07. The third-order valence-corrected chi connectivity index (χ3v) is 4.99. The van der Waals surface area contributed by atoms with Gasteiger partial charge < -0.3 is 4.57 Å². The number of benzene rings is 2. The van der Waals surface area contributed by atoms with E-state index in [2.05, 4.69) is 35.6 Å². The Balaban J connectivity index is 2.14. The minimum absolute atomic E-state index is 0.624. The Morgan fingerprint density at radius 2 is 1.92 bits per heavy atom. The van der Waals surface area contributed by atoms with Crippen molar-refractivity contribution in [2.75, 3.05) is 0 Å². The predicted molar refractivity (Wildman–Crippen MR) is 104 cm³/mol. The summed E-state index contributed by atoms with van der Waals surface area (Å²) < 4.78 is 2.10. The van der Waals surface area contributed by atoms with Gasteiger partial charge in [0.25, 0.3) is 0 Å². The molecule has 0 bridgehead atoms. The van der Waals surface area contributed by atoms with Gasteiger partial charge in [-0.25, -0.2) is 4.99 Å². The molecule has 3 aromatic rings. The standard InChI is InChI=1S/C19H16Cl2N2S/c1-3-10-23-18(16-9-6-14(20)11-17(16)21)12-24-19(23)22-15-7-4-13(2)5-8-15/h3-9,11-12H,1,10H2,2H3. The highest BCUT2D eigenvalue weighted by atomic mass is 35.5. The van der Waals surface area contributed by atoms with Crippen LogP contribution in [0.1, 0.15) is 5.56 Å². The summed E-state index contributed by atoms with van der Waals surface area (Å²) >= 11 is 14.0. The molecule has 24 heavy (non-hydrogen) atoms. The van der Waals surface area contributed by atoms with Gasteiger partial charge >= 0.3 is 0 Å². The van der Waals surface area contributed by atoms with Gasteiger partial charge in [0.15, 0.2) is 4.80 Å². The minimum atomic E-state index is 0.624. The van der Waals surface area contributed by atoms with E-state index in [0.717, 1.165) is 21.7 Å². The summed E-state index contributed by atoms with van der Waals surface area (Å²) in [4.78, 5) is 5.66. The molecule has 5 heteroatoms. The first kappa shape index (κ1) is 17.0. The molecule has 0 atom stereocenters. The lowest BCUT2D eigenvalue weighted by molar-refractivity contribution is 0.800. The summed E-state index contributed by atoms with van der Waals surface area (Å²) in [5, 5.41) is 3.31. The summed E-state index contributed by atoms with van der Waals surface area (Å²) in [6, 6.07) is 13.7. The van der Waals surface area contributed by atoms with E-state index in [1.165, 1.54) is 5.56 Å². The Labute approximate surface area is 155 Å². The Hall–Kier alpha value is -1.81. The van der Waals surface area contributed by atoms with Crippen molar-refractivity contribution in [2.24, 2.45) is 4.99 Å². The first-order valence-corrected chi connectivity index (χ1v) is 9.08. The molecular weight excluding hydrogens is 359 g/mol. The molecule has 2 aromatic carbocycles. The van der Waals surface area contributed by atoms with Crippen molar-refractivity contribution in [2.45, 2.75) is 13.5 Å². The molecule has 0 aliphatic carbocycles. The maximum absolute atomic E-state index is 6.37. The van der Waals surface area contributed by atoms with Crippen LogP contribution >= 0.6 is 34.5 Å². The molecular formula is C19H16Cl2N2S. The second-order valence-corrected chi connectivity index (χ2v) is 7.05. The minimum Gasteiger partial charge on any atom is -0.313 e. The molecule has 0 spiro atoms. The summed E-state index contributed by atoms with van der Waals surface area (Å²) in [5.74, 6) is 0.